The number of hydrogen-bond acceptors (Lipinski definition) is 2. The predicted molar refractivity (Wildman–Crippen MR) is 81.4 cm³/mol. The first-order chi connectivity index (χ1) is 8.77. The molecule has 0 spiro atoms. The Morgan fingerprint density at radius 3 is 2.83 bits per heavy atom. The lowest BCUT2D eigenvalue weighted by atomic mass is 9.84. The van der Waals surface area contributed by atoms with Gasteiger partial charge in [-0.1, -0.05) is 45.4 Å². The minimum absolute atomic E-state index is 0.631. The molecule has 1 aliphatic rings. The van der Waals surface area contributed by atoms with E-state index in [0.717, 1.165) is 12.5 Å². The lowest BCUT2D eigenvalue weighted by molar-refractivity contribution is 0.330. The van der Waals surface area contributed by atoms with Crippen molar-refractivity contribution in [3.8, 4) is 0 Å². The Labute approximate surface area is 116 Å². The van der Waals surface area contributed by atoms with Crippen LogP contribution in [0.2, 0.25) is 0 Å². The smallest absolute Gasteiger partial charge is 0.0170 e. The van der Waals surface area contributed by atoms with Crippen LogP contribution >= 0.6 is 11.8 Å². The van der Waals surface area contributed by atoms with Gasteiger partial charge >= 0.3 is 0 Å². The molecule has 1 nitrogen and oxygen atoms in total. The van der Waals surface area contributed by atoms with Crippen LogP contribution < -0.4 is 5.32 Å². The van der Waals surface area contributed by atoms with Crippen molar-refractivity contribution in [3.05, 3.63) is 29.8 Å². The average molecular weight is 263 g/mol. The summed E-state index contributed by atoms with van der Waals surface area (Å²) in [4.78, 5) is 1.49. The summed E-state index contributed by atoms with van der Waals surface area (Å²) in [6.45, 7) is 8.08. The van der Waals surface area contributed by atoms with E-state index in [0.29, 0.717) is 12.0 Å². The molecule has 18 heavy (non-hydrogen) atoms. The van der Waals surface area contributed by atoms with E-state index in [9.17, 15) is 0 Å². The maximum absolute atomic E-state index is 3.79. The Balaban J connectivity index is 2.16. The number of rotatable bonds is 6. The van der Waals surface area contributed by atoms with Crippen LogP contribution in [0, 0.1) is 5.92 Å². The van der Waals surface area contributed by atoms with E-state index in [4.69, 9.17) is 0 Å². The molecule has 0 aliphatic carbocycles. The summed E-state index contributed by atoms with van der Waals surface area (Å²) >= 11 is 2.03. The van der Waals surface area contributed by atoms with Crippen molar-refractivity contribution >= 4 is 11.8 Å². The van der Waals surface area contributed by atoms with E-state index in [1.807, 2.05) is 11.8 Å². The molecule has 0 bridgehead atoms. The van der Waals surface area contributed by atoms with Gasteiger partial charge in [-0.05, 0) is 30.5 Å². The number of benzene rings is 1. The van der Waals surface area contributed by atoms with Crippen molar-refractivity contribution < 1.29 is 0 Å². The van der Waals surface area contributed by atoms with E-state index >= 15 is 0 Å². The van der Waals surface area contributed by atoms with Crippen LogP contribution in [0.3, 0.4) is 0 Å². The molecule has 2 rings (SSSR count). The van der Waals surface area contributed by atoms with Gasteiger partial charge in [0.25, 0.3) is 0 Å². The first-order valence-electron chi connectivity index (χ1n) is 7.23. The van der Waals surface area contributed by atoms with Crippen LogP contribution in [0.25, 0.3) is 0 Å². The van der Waals surface area contributed by atoms with Crippen molar-refractivity contribution in [2.24, 2.45) is 5.92 Å². The van der Waals surface area contributed by atoms with Gasteiger partial charge in [0, 0.05) is 22.6 Å². The molecular weight excluding hydrogens is 238 g/mol. The van der Waals surface area contributed by atoms with Gasteiger partial charge in [-0.3, -0.25) is 0 Å². The van der Waals surface area contributed by atoms with Crippen molar-refractivity contribution in [1.82, 2.24) is 5.32 Å². The van der Waals surface area contributed by atoms with Crippen molar-refractivity contribution in [2.75, 3.05) is 12.3 Å². The summed E-state index contributed by atoms with van der Waals surface area (Å²) in [5.41, 5.74) is 1.57. The van der Waals surface area contributed by atoms with Gasteiger partial charge in [0.05, 0.1) is 0 Å². The maximum atomic E-state index is 3.79. The second kappa shape index (κ2) is 6.63. The van der Waals surface area contributed by atoms with E-state index in [1.165, 1.54) is 23.5 Å². The number of thioether (sulfide) groups is 1. The summed E-state index contributed by atoms with van der Waals surface area (Å²) in [5, 5.41) is 3.79. The molecule has 3 atom stereocenters. The van der Waals surface area contributed by atoms with Crippen molar-refractivity contribution in [3.63, 3.8) is 0 Å². The van der Waals surface area contributed by atoms with E-state index in [2.05, 4.69) is 50.4 Å². The molecule has 3 unspecified atom stereocenters. The third kappa shape index (κ3) is 2.92. The molecule has 0 radical (unpaired) electrons. The quantitative estimate of drug-likeness (QED) is 0.821. The van der Waals surface area contributed by atoms with Gasteiger partial charge in [0.2, 0.25) is 0 Å². The molecular formula is C16H25NS. The molecule has 0 saturated heterocycles. The average Bonchev–Trinajstić information content (AvgIpc) is 2.83. The van der Waals surface area contributed by atoms with Crippen molar-refractivity contribution in [2.45, 2.75) is 50.5 Å². The fourth-order valence-corrected chi connectivity index (χ4v) is 4.10. The zero-order valence-electron chi connectivity index (χ0n) is 11.8. The first-order valence-corrected chi connectivity index (χ1v) is 8.21. The molecule has 0 amide bonds. The third-order valence-electron chi connectivity index (χ3n) is 4.06. The van der Waals surface area contributed by atoms with E-state index < -0.39 is 0 Å². The summed E-state index contributed by atoms with van der Waals surface area (Å²) in [7, 11) is 0. The standard InChI is InChI=1S/C16H25NS/c1-4-10-17-16(12(3)5-2)14-11-18-15-9-7-6-8-13(14)15/h6-9,12,14,16-17H,4-5,10-11H2,1-3H3. The van der Waals surface area contributed by atoms with Gasteiger partial charge < -0.3 is 5.32 Å². The highest BCUT2D eigenvalue weighted by Gasteiger charge is 2.32. The summed E-state index contributed by atoms with van der Waals surface area (Å²) in [5.74, 6) is 2.67. The zero-order valence-corrected chi connectivity index (χ0v) is 12.6. The Morgan fingerprint density at radius 2 is 2.11 bits per heavy atom. The molecule has 1 aliphatic heterocycles. The fraction of sp³-hybridized carbons (Fsp3) is 0.625. The zero-order chi connectivity index (χ0) is 13.0. The van der Waals surface area contributed by atoms with Crippen LogP contribution in [0.15, 0.2) is 29.2 Å². The van der Waals surface area contributed by atoms with Crippen LogP contribution in [-0.4, -0.2) is 18.3 Å². The molecule has 0 saturated carbocycles. The monoisotopic (exact) mass is 263 g/mol. The highest BCUT2D eigenvalue weighted by molar-refractivity contribution is 7.99. The Kier molecular flexibility index (Phi) is 5.13. The number of fused-ring (bicyclic) bond motifs is 1. The second-order valence-corrected chi connectivity index (χ2v) is 6.38. The van der Waals surface area contributed by atoms with E-state index in [1.54, 1.807) is 5.56 Å². The third-order valence-corrected chi connectivity index (χ3v) is 5.27. The van der Waals surface area contributed by atoms with E-state index in [-0.39, 0.29) is 0 Å². The predicted octanol–water partition coefficient (Wildman–Crippen LogP) is 4.29. The summed E-state index contributed by atoms with van der Waals surface area (Å²) < 4.78 is 0. The molecule has 0 aromatic heterocycles. The summed E-state index contributed by atoms with van der Waals surface area (Å²) in [6, 6.07) is 9.57. The molecule has 2 heteroatoms. The van der Waals surface area contributed by atoms with Gasteiger partial charge in [-0.2, -0.15) is 0 Å². The molecule has 1 N–H and O–H groups in total. The highest BCUT2D eigenvalue weighted by atomic mass is 32.2. The first kappa shape index (κ1) is 14.0. The summed E-state index contributed by atoms with van der Waals surface area (Å²) in [6.07, 6.45) is 2.47. The van der Waals surface area contributed by atoms with Crippen molar-refractivity contribution in [1.29, 1.82) is 0 Å². The fourth-order valence-electron chi connectivity index (χ4n) is 2.79. The minimum atomic E-state index is 0.631. The number of hydrogen-bond donors (Lipinski definition) is 1. The molecule has 100 valence electrons. The van der Waals surface area contributed by atoms with Gasteiger partial charge in [0.1, 0.15) is 0 Å². The topological polar surface area (TPSA) is 12.0 Å². The molecule has 1 heterocycles. The molecule has 0 fully saturated rings. The normalized spacial score (nSPS) is 21.6. The molecule has 1 aromatic carbocycles. The largest absolute Gasteiger partial charge is 0.313 e. The Hall–Kier alpha value is -0.470. The Bertz CT molecular complexity index is 377. The molecule has 1 aromatic rings. The van der Waals surface area contributed by atoms with Crippen LogP contribution in [0.1, 0.15) is 45.1 Å². The van der Waals surface area contributed by atoms with Gasteiger partial charge in [-0.25, -0.2) is 0 Å². The highest BCUT2D eigenvalue weighted by Crippen LogP contribution is 2.42. The second-order valence-electron chi connectivity index (χ2n) is 5.32. The van der Waals surface area contributed by atoms with Crippen LogP contribution in [0.4, 0.5) is 0 Å². The van der Waals surface area contributed by atoms with Crippen LogP contribution in [-0.2, 0) is 0 Å². The lowest BCUT2D eigenvalue weighted by Gasteiger charge is -2.30. The van der Waals surface area contributed by atoms with Gasteiger partial charge in [-0.15, -0.1) is 11.8 Å². The lowest BCUT2D eigenvalue weighted by Crippen LogP contribution is -2.40. The number of nitrogens with one attached hydrogen (secondary N) is 1. The SMILES string of the molecule is CCCNC(C(C)CC)C1CSc2ccccc21. The maximum Gasteiger partial charge on any atom is 0.0170 e. The minimum Gasteiger partial charge on any atom is -0.313 e. The van der Waals surface area contributed by atoms with Gasteiger partial charge in [0.15, 0.2) is 0 Å². The van der Waals surface area contributed by atoms with Crippen LogP contribution in [0.5, 0.6) is 0 Å². The Morgan fingerprint density at radius 1 is 1.33 bits per heavy atom.